The number of hydrogen-bond donors (Lipinski definition) is 2. The molecule has 108 valence electrons. The molecule has 0 spiro atoms. The first-order valence-electron chi connectivity index (χ1n) is 6.88. The fraction of sp³-hybridized carbons (Fsp3) is 0.600. The number of unbranched alkanes of at least 4 members (excludes halogenated alkanes) is 1. The van der Waals surface area contributed by atoms with Crippen molar-refractivity contribution in [2.75, 3.05) is 19.8 Å². The Balaban J connectivity index is 2.24. The maximum Gasteiger partial charge on any atom is 0.0897 e. The molecule has 0 aliphatic carbocycles. The summed E-state index contributed by atoms with van der Waals surface area (Å²) in [6, 6.07) is 8.39. The van der Waals surface area contributed by atoms with Crippen molar-refractivity contribution < 1.29 is 9.84 Å². The van der Waals surface area contributed by atoms with Gasteiger partial charge >= 0.3 is 0 Å². The standard InChI is InChI=1S/C15H24BrNO2/c1-3-4-8-19-11-15(18)10-17-12(2)13-6-5-7-14(16)9-13/h5-7,9,12,15,17-18H,3-4,8,10-11H2,1-2H3/t12-,15?/m1/s1. The third-order valence-electron chi connectivity index (χ3n) is 2.96. The van der Waals surface area contributed by atoms with E-state index in [1.807, 2.05) is 12.1 Å². The van der Waals surface area contributed by atoms with E-state index in [1.165, 1.54) is 5.56 Å². The highest BCUT2D eigenvalue weighted by Gasteiger charge is 2.09. The van der Waals surface area contributed by atoms with Crippen LogP contribution in [0.2, 0.25) is 0 Å². The maximum atomic E-state index is 9.80. The number of aliphatic hydroxyl groups excluding tert-OH is 1. The summed E-state index contributed by atoms with van der Waals surface area (Å²) in [6.45, 7) is 5.89. The van der Waals surface area contributed by atoms with Gasteiger partial charge in [-0.1, -0.05) is 41.4 Å². The second-order valence-corrected chi connectivity index (χ2v) is 5.68. The van der Waals surface area contributed by atoms with Crippen LogP contribution < -0.4 is 5.32 Å². The van der Waals surface area contributed by atoms with Crippen molar-refractivity contribution in [1.29, 1.82) is 0 Å². The van der Waals surface area contributed by atoms with E-state index in [1.54, 1.807) is 0 Å². The number of ether oxygens (including phenoxy) is 1. The summed E-state index contributed by atoms with van der Waals surface area (Å²) in [5.74, 6) is 0. The van der Waals surface area contributed by atoms with Crippen LogP contribution in [0.15, 0.2) is 28.7 Å². The Kier molecular flexibility index (Phi) is 8.30. The lowest BCUT2D eigenvalue weighted by Crippen LogP contribution is -2.32. The van der Waals surface area contributed by atoms with Crippen molar-refractivity contribution in [3.05, 3.63) is 34.3 Å². The number of nitrogens with one attached hydrogen (secondary N) is 1. The number of benzene rings is 1. The Morgan fingerprint density at radius 3 is 2.89 bits per heavy atom. The van der Waals surface area contributed by atoms with E-state index in [-0.39, 0.29) is 6.04 Å². The van der Waals surface area contributed by atoms with E-state index in [2.05, 4.69) is 47.2 Å². The van der Waals surface area contributed by atoms with Gasteiger partial charge < -0.3 is 15.2 Å². The first-order chi connectivity index (χ1) is 9.13. The Morgan fingerprint density at radius 2 is 2.21 bits per heavy atom. The van der Waals surface area contributed by atoms with Gasteiger partial charge in [0.25, 0.3) is 0 Å². The summed E-state index contributed by atoms with van der Waals surface area (Å²) in [4.78, 5) is 0. The fourth-order valence-corrected chi connectivity index (χ4v) is 2.15. The quantitative estimate of drug-likeness (QED) is 0.683. The van der Waals surface area contributed by atoms with Crippen LogP contribution in [0, 0.1) is 0 Å². The molecule has 3 nitrogen and oxygen atoms in total. The van der Waals surface area contributed by atoms with Crippen LogP contribution in [0.1, 0.15) is 38.3 Å². The van der Waals surface area contributed by atoms with Gasteiger partial charge in [-0.2, -0.15) is 0 Å². The summed E-state index contributed by atoms with van der Waals surface area (Å²) >= 11 is 3.46. The zero-order chi connectivity index (χ0) is 14.1. The second-order valence-electron chi connectivity index (χ2n) is 4.77. The molecule has 1 aromatic rings. The van der Waals surface area contributed by atoms with Crippen LogP contribution in [0.4, 0.5) is 0 Å². The minimum absolute atomic E-state index is 0.211. The van der Waals surface area contributed by atoms with E-state index in [4.69, 9.17) is 4.74 Å². The maximum absolute atomic E-state index is 9.80. The van der Waals surface area contributed by atoms with E-state index >= 15 is 0 Å². The molecule has 2 atom stereocenters. The van der Waals surface area contributed by atoms with Gasteiger partial charge in [0.15, 0.2) is 0 Å². The monoisotopic (exact) mass is 329 g/mol. The average Bonchev–Trinajstić information content (AvgIpc) is 2.41. The van der Waals surface area contributed by atoms with Gasteiger partial charge in [-0.3, -0.25) is 0 Å². The molecule has 1 unspecified atom stereocenters. The van der Waals surface area contributed by atoms with Gasteiger partial charge in [0, 0.05) is 23.7 Å². The lowest BCUT2D eigenvalue weighted by molar-refractivity contribution is 0.0348. The van der Waals surface area contributed by atoms with Crippen molar-refractivity contribution in [2.24, 2.45) is 0 Å². The number of aliphatic hydroxyl groups is 1. The Labute approximate surface area is 124 Å². The van der Waals surface area contributed by atoms with E-state index in [0.29, 0.717) is 13.2 Å². The first kappa shape index (κ1) is 16.6. The van der Waals surface area contributed by atoms with Crippen molar-refractivity contribution in [3.63, 3.8) is 0 Å². The predicted octanol–water partition coefficient (Wildman–Crippen LogP) is 3.28. The van der Waals surface area contributed by atoms with E-state index < -0.39 is 6.10 Å². The fourth-order valence-electron chi connectivity index (χ4n) is 1.73. The molecule has 0 aromatic heterocycles. The van der Waals surface area contributed by atoms with Crippen LogP contribution in [-0.2, 0) is 4.74 Å². The third-order valence-corrected chi connectivity index (χ3v) is 3.45. The summed E-state index contributed by atoms with van der Waals surface area (Å²) in [5, 5.41) is 13.1. The molecule has 0 aliphatic heterocycles. The van der Waals surface area contributed by atoms with Gasteiger partial charge in [0.2, 0.25) is 0 Å². The van der Waals surface area contributed by atoms with E-state index in [0.717, 1.165) is 23.9 Å². The van der Waals surface area contributed by atoms with Crippen molar-refractivity contribution in [2.45, 2.75) is 38.8 Å². The molecular weight excluding hydrogens is 306 g/mol. The smallest absolute Gasteiger partial charge is 0.0897 e. The topological polar surface area (TPSA) is 41.5 Å². The molecule has 1 aromatic carbocycles. The molecule has 2 N–H and O–H groups in total. The highest BCUT2D eigenvalue weighted by Crippen LogP contribution is 2.17. The number of hydrogen-bond acceptors (Lipinski definition) is 3. The van der Waals surface area contributed by atoms with E-state index in [9.17, 15) is 5.11 Å². The molecule has 19 heavy (non-hydrogen) atoms. The normalized spacial score (nSPS) is 14.3. The lowest BCUT2D eigenvalue weighted by atomic mass is 10.1. The molecule has 1 rings (SSSR count). The molecule has 0 radical (unpaired) electrons. The molecule has 0 heterocycles. The molecular formula is C15H24BrNO2. The van der Waals surface area contributed by atoms with Crippen molar-refractivity contribution >= 4 is 15.9 Å². The lowest BCUT2D eigenvalue weighted by Gasteiger charge is -2.18. The molecule has 4 heteroatoms. The zero-order valence-corrected chi connectivity index (χ0v) is 13.3. The molecule has 0 aliphatic rings. The average molecular weight is 330 g/mol. The van der Waals surface area contributed by atoms with Gasteiger partial charge in [-0.25, -0.2) is 0 Å². The molecule has 0 saturated carbocycles. The highest BCUT2D eigenvalue weighted by atomic mass is 79.9. The van der Waals surface area contributed by atoms with Crippen molar-refractivity contribution in [3.8, 4) is 0 Å². The van der Waals surface area contributed by atoms with Crippen LogP contribution in [0.3, 0.4) is 0 Å². The summed E-state index contributed by atoms with van der Waals surface area (Å²) in [7, 11) is 0. The second kappa shape index (κ2) is 9.48. The largest absolute Gasteiger partial charge is 0.389 e. The number of halogens is 1. The Hall–Kier alpha value is -0.420. The van der Waals surface area contributed by atoms with Crippen LogP contribution in [0.5, 0.6) is 0 Å². The summed E-state index contributed by atoms with van der Waals surface area (Å²) < 4.78 is 6.47. The van der Waals surface area contributed by atoms with Crippen LogP contribution in [0.25, 0.3) is 0 Å². The molecule has 0 amide bonds. The number of rotatable bonds is 9. The molecule has 0 fully saturated rings. The Bertz CT molecular complexity index is 360. The zero-order valence-electron chi connectivity index (χ0n) is 11.7. The molecule has 0 saturated heterocycles. The van der Waals surface area contributed by atoms with Crippen molar-refractivity contribution in [1.82, 2.24) is 5.32 Å². The predicted molar refractivity (Wildman–Crippen MR) is 82.3 cm³/mol. The third kappa shape index (κ3) is 7.06. The molecule has 0 bridgehead atoms. The summed E-state index contributed by atoms with van der Waals surface area (Å²) in [5.41, 5.74) is 1.20. The van der Waals surface area contributed by atoms with Gasteiger partial charge in [-0.15, -0.1) is 0 Å². The minimum atomic E-state index is -0.452. The first-order valence-corrected chi connectivity index (χ1v) is 7.67. The van der Waals surface area contributed by atoms with Crippen LogP contribution in [-0.4, -0.2) is 31.0 Å². The SMILES string of the molecule is CCCCOCC(O)CN[C@H](C)c1cccc(Br)c1. The minimum Gasteiger partial charge on any atom is -0.389 e. The van der Waals surface area contributed by atoms with Gasteiger partial charge in [0.05, 0.1) is 12.7 Å². The van der Waals surface area contributed by atoms with Gasteiger partial charge in [0.1, 0.15) is 0 Å². The Morgan fingerprint density at radius 1 is 1.42 bits per heavy atom. The van der Waals surface area contributed by atoms with Crippen LogP contribution >= 0.6 is 15.9 Å². The van der Waals surface area contributed by atoms with Gasteiger partial charge in [-0.05, 0) is 31.0 Å². The summed E-state index contributed by atoms with van der Waals surface area (Å²) in [6.07, 6.45) is 1.72. The highest BCUT2D eigenvalue weighted by molar-refractivity contribution is 9.10.